The van der Waals surface area contributed by atoms with Crippen molar-refractivity contribution in [3.8, 4) is 11.6 Å². The Labute approximate surface area is 115 Å². The molecule has 1 N–H and O–H groups in total. The lowest BCUT2D eigenvalue weighted by atomic mass is 10.3. The highest BCUT2D eigenvalue weighted by Gasteiger charge is 2.12. The Morgan fingerprint density at radius 1 is 1.26 bits per heavy atom. The second kappa shape index (κ2) is 5.40. The maximum atomic E-state index is 13.0. The standard InChI is InChI=1S/C13H13ClFN3O/c1-7-12(16-3)17-8(2)18-13(7)19-11-5-4-9(15)6-10(11)14/h4-6H,1-3H3,(H,16,17,18). The van der Waals surface area contributed by atoms with Crippen LogP contribution in [0.4, 0.5) is 10.2 Å². The Balaban J connectivity index is 2.40. The van der Waals surface area contributed by atoms with Gasteiger partial charge in [-0.15, -0.1) is 0 Å². The van der Waals surface area contributed by atoms with Crippen LogP contribution in [0.1, 0.15) is 11.4 Å². The Kier molecular flexibility index (Phi) is 3.85. The van der Waals surface area contributed by atoms with Crippen LogP contribution in [0.5, 0.6) is 11.6 Å². The highest BCUT2D eigenvalue weighted by molar-refractivity contribution is 6.32. The van der Waals surface area contributed by atoms with Crippen molar-refractivity contribution in [2.24, 2.45) is 0 Å². The van der Waals surface area contributed by atoms with E-state index < -0.39 is 5.82 Å². The molecule has 0 aliphatic rings. The van der Waals surface area contributed by atoms with Gasteiger partial charge in [-0.25, -0.2) is 9.37 Å². The van der Waals surface area contributed by atoms with E-state index in [2.05, 4.69) is 15.3 Å². The minimum atomic E-state index is -0.413. The topological polar surface area (TPSA) is 47.0 Å². The molecule has 6 heteroatoms. The number of ether oxygens (including phenoxy) is 1. The summed E-state index contributed by atoms with van der Waals surface area (Å²) in [4.78, 5) is 8.45. The van der Waals surface area contributed by atoms with Gasteiger partial charge < -0.3 is 10.1 Å². The third-order valence-electron chi connectivity index (χ3n) is 2.55. The molecule has 0 saturated heterocycles. The first kappa shape index (κ1) is 13.5. The number of benzene rings is 1. The van der Waals surface area contributed by atoms with Crippen LogP contribution in [0.25, 0.3) is 0 Å². The SMILES string of the molecule is CNc1nc(C)nc(Oc2ccc(F)cc2Cl)c1C. The molecule has 2 rings (SSSR count). The number of halogens is 2. The maximum Gasteiger partial charge on any atom is 0.227 e. The van der Waals surface area contributed by atoms with Crippen LogP contribution in [0.3, 0.4) is 0 Å². The lowest BCUT2D eigenvalue weighted by Crippen LogP contribution is -2.03. The quantitative estimate of drug-likeness (QED) is 0.931. The second-order valence-electron chi connectivity index (χ2n) is 3.98. The van der Waals surface area contributed by atoms with Crippen molar-refractivity contribution in [3.63, 3.8) is 0 Å². The van der Waals surface area contributed by atoms with E-state index in [4.69, 9.17) is 16.3 Å². The summed E-state index contributed by atoms with van der Waals surface area (Å²) in [5.41, 5.74) is 0.758. The molecule has 0 amide bonds. The summed E-state index contributed by atoms with van der Waals surface area (Å²) in [7, 11) is 1.77. The van der Waals surface area contributed by atoms with Crippen molar-refractivity contribution >= 4 is 17.4 Å². The summed E-state index contributed by atoms with van der Waals surface area (Å²) >= 11 is 5.92. The van der Waals surface area contributed by atoms with E-state index >= 15 is 0 Å². The van der Waals surface area contributed by atoms with Crippen LogP contribution < -0.4 is 10.1 Å². The monoisotopic (exact) mass is 281 g/mol. The first-order chi connectivity index (χ1) is 9.01. The van der Waals surface area contributed by atoms with Crippen molar-refractivity contribution in [2.75, 3.05) is 12.4 Å². The van der Waals surface area contributed by atoms with Gasteiger partial charge in [0.15, 0.2) is 0 Å². The molecule has 1 aromatic carbocycles. The third-order valence-corrected chi connectivity index (χ3v) is 2.85. The number of hydrogen-bond donors (Lipinski definition) is 1. The number of aromatic nitrogens is 2. The predicted octanol–water partition coefficient (Wildman–Crippen LogP) is 3.72. The Morgan fingerprint density at radius 3 is 2.63 bits per heavy atom. The molecule has 2 aromatic rings. The summed E-state index contributed by atoms with van der Waals surface area (Å²) in [5, 5.41) is 3.16. The fourth-order valence-corrected chi connectivity index (χ4v) is 1.81. The van der Waals surface area contributed by atoms with Crippen LogP contribution in [-0.4, -0.2) is 17.0 Å². The number of aryl methyl sites for hydroxylation is 1. The van der Waals surface area contributed by atoms with Crippen LogP contribution in [0.2, 0.25) is 5.02 Å². The summed E-state index contributed by atoms with van der Waals surface area (Å²) in [6.07, 6.45) is 0. The van der Waals surface area contributed by atoms with Crippen LogP contribution in [0, 0.1) is 19.7 Å². The third kappa shape index (κ3) is 2.93. The molecule has 19 heavy (non-hydrogen) atoms. The molecule has 0 atom stereocenters. The van der Waals surface area contributed by atoms with Gasteiger partial charge in [0.2, 0.25) is 5.88 Å². The molecular formula is C13H13ClFN3O. The molecule has 0 aliphatic heterocycles. The largest absolute Gasteiger partial charge is 0.437 e. The molecule has 0 unspecified atom stereocenters. The van der Waals surface area contributed by atoms with E-state index in [1.807, 2.05) is 6.92 Å². The minimum absolute atomic E-state index is 0.196. The van der Waals surface area contributed by atoms with Gasteiger partial charge in [-0.1, -0.05) is 11.6 Å². The molecule has 0 fully saturated rings. The van der Waals surface area contributed by atoms with Crippen molar-refractivity contribution in [1.29, 1.82) is 0 Å². The lowest BCUT2D eigenvalue weighted by molar-refractivity contribution is 0.455. The van der Waals surface area contributed by atoms with Crippen LogP contribution in [-0.2, 0) is 0 Å². The van der Waals surface area contributed by atoms with Gasteiger partial charge in [-0.05, 0) is 32.0 Å². The van der Waals surface area contributed by atoms with Gasteiger partial charge in [0.05, 0.1) is 10.6 Å². The first-order valence-corrected chi connectivity index (χ1v) is 6.05. The summed E-state index contributed by atoms with van der Waals surface area (Å²) in [5.74, 6) is 1.59. The normalized spacial score (nSPS) is 10.4. The minimum Gasteiger partial charge on any atom is -0.437 e. The molecule has 0 aliphatic carbocycles. The fraction of sp³-hybridized carbons (Fsp3) is 0.231. The van der Waals surface area contributed by atoms with Gasteiger partial charge in [-0.2, -0.15) is 4.98 Å². The van der Waals surface area contributed by atoms with Gasteiger partial charge in [0.25, 0.3) is 0 Å². The number of nitrogens with zero attached hydrogens (tertiary/aromatic N) is 2. The molecule has 4 nitrogen and oxygen atoms in total. The maximum absolute atomic E-state index is 13.0. The average Bonchev–Trinajstić information content (AvgIpc) is 2.36. The number of anilines is 1. The van der Waals surface area contributed by atoms with E-state index in [1.165, 1.54) is 18.2 Å². The molecule has 1 aromatic heterocycles. The lowest BCUT2D eigenvalue weighted by Gasteiger charge is -2.12. The van der Waals surface area contributed by atoms with Gasteiger partial charge >= 0.3 is 0 Å². The summed E-state index contributed by atoms with van der Waals surface area (Å²) in [6.45, 7) is 3.59. The average molecular weight is 282 g/mol. The van der Waals surface area contributed by atoms with Crippen molar-refractivity contribution < 1.29 is 9.13 Å². The van der Waals surface area contributed by atoms with E-state index in [-0.39, 0.29) is 5.02 Å². The van der Waals surface area contributed by atoms with Crippen LogP contribution >= 0.6 is 11.6 Å². The van der Waals surface area contributed by atoms with Gasteiger partial charge in [-0.3, -0.25) is 0 Å². The van der Waals surface area contributed by atoms with Crippen LogP contribution in [0.15, 0.2) is 18.2 Å². The Hall–Kier alpha value is -1.88. The van der Waals surface area contributed by atoms with E-state index in [0.29, 0.717) is 23.3 Å². The van der Waals surface area contributed by atoms with Crippen molar-refractivity contribution in [3.05, 3.63) is 40.4 Å². The van der Waals surface area contributed by atoms with Crippen molar-refractivity contribution in [1.82, 2.24) is 9.97 Å². The number of rotatable bonds is 3. The molecule has 0 saturated carbocycles. The zero-order valence-electron chi connectivity index (χ0n) is 10.8. The number of hydrogen-bond acceptors (Lipinski definition) is 4. The predicted molar refractivity (Wildman–Crippen MR) is 72.5 cm³/mol. The molecule has 0 spiro atoms. The highest BCUT2D eigenvalue weighted by Crippen LogP contribution is 2.32. The summed E-state index contributed by atoms with van der Waals surface area (Å²) in [6, 6.07) is 3.94. The van der Waals surface area contributed by atoms with Crippen molar-refractivity contribution in [2.45, 2.75) is 13.8 Å². The first-order valence-electron chi connectivity index (χ1n) is 5.67. The van der Waals surface area contributed by atoms with E-state index in [1.54, 1.807) is 14.0 Å². The van der Waals surface area contributed by atoms with Gasteiger partial charge in [0.1, 0.15) is 23.2 Å². The molecule has 0 radical (unpaired) electrons. The Morgan fingerprint density at radius 2 is 2.00 bits per heavy atom. The summed E-state index contributed by atoms with van der Waals surface area (Å²) < 4.78 is 18.6. The molecule has 0 bridgehead atoms. The van der Waals surface area contributed by atoms with E-state index in [9.17, 15) is 4.39 Å². The zero-order chi connectivity index (χ0) is 14.0. The number of nitrogens with one attached hydrogen (secondary N) is 1. The van der Waals surface area contributed by atoms with Gasteiger partial charge in [0, 0.05) is 7.05 Å². The van der Waals surface area contributed by atoms with E-state index in [0.717, 1.165) is 5.56 Å². The highest BCUT2D eigenvalue weighted by atomic mass is 35.5. The fourth-order valence-electron chi connectivity index (χ4n) is 1.61. The molecular weight excluding hydrogens is 269 g/mol. The second-order valence-corrected chi connectivity index (χ2v) is 4.38. The zero-order valence-corrected chi connectivity index (χ0v) is 11.5. The smallest absolute Gasteiger partial charge is 0.227 e. The molecule has 1 heterocycles. The molecule has 100 valence electrons. The Bertz CT molecular complexity index is 619.